The normalized spacial score (nSPS) is 14.0. The minimum absolute atomic E-state index is 0.220. The summed E-state index contributed by atoms with van der Waals surface area (Å²) >= 11 is 0. The maximum Gasteiger partial charge on any atom is 0.306 e. The van der Waals surface area contributed by atoms with Gasteiger partial charge < -0.3 is 15.7 Å². The van der Waals surface area contributed by atoms with Gasteiger partial charge in [0, 0.05) is 24.8 Å². The van der Waals surface area contributed by atoms with Crippen LogP contribution in [0.1, 0.15) is 23.3 Å². The number of pyridine rings is 3. The highest BCUT2D eigenvalue weighted by atomic mass is 16.4. The number of imidazole rings is 1. The molecule has 10 heteroatoms. The number of hydrogen-bond donors (Lipinski definition) is 2. The Morgan fingerprint density at radius 1 is 0.897 bits per heavy atom. The zero-order valence-corrected chi connectivity index (χ0v) is 20.9. The van der Waals surface area contributed by atoms with E-state index in [9.17, 15) is 14.7 Å². The van der Waals surface area contributed by atoms with Crippen LogP contribution in [0.15, 0.2) is 79.1 Å². The molecule has 0 atom stereocenters. The molecule has 1 fully saturated rings. The molecule has 0 radical (unpaired) electrons. The maximum atomic E-state index is 13.1. The zero-order valence-electron chi connectivity index (χ0n) is 20.9. The summed E-state index contributed by atoms with van der Waals surface area (Å²) in [7, 11) is 0. The van der Waals surface area contributed by atoms with Gasteiger partial charge in [-0.15, -0.1) is 0 Å². The van der Waals surface area contributed by atoms with E-state index >= 15 is 0 Å². The fraction of sp³-hybridized carbons (Fsp3) is 0.172. The number of carboxylic acids is 1. The summed E-state index contributed by atoms with van der Waals surface area (Å²) in [6.45, 7) is 0.782. The fourth-order valence-corrected chi connectivity index (χ4v) is 4.90. The Balaban J connectivity index is 1.40. The lowest BCUT2D eigenvalue weighted by atomic mass is 9.97. The molecule has 1 aliphatic heterocycles. The first-order valence-electron chi connectivity index (χ1n) is 12.6. The number of piperidine rings is 1. The number of likely N-dealkylation sites (tertiary alicyclic amines) is 1. The van der Waals surface area contributed by atoms with E-state index in [2.05, 4.69) is 9.97 Å². The molecule has 1 aliphatic rings. The minimum Gasteiger partial charge on any atom is -0.481 e. The van der Waals surface area contributed by atoms with Gasteiger partial charge in [-0.2, -0.15) is 0 Å². The lowest BCUT2D eigenvalue weighted by molar-refractivity contribution is -0.143. The third-order valence-electron chi connectivity index (χ3n) is 7.01. The van der Waals surface area contributed by atoms with Crippen molar-refractivity contribution in [1.82, 2.24) is 29.4 Å². The van der Waals surface area contributed by atoms with Crippen molar-refractivity contribution in [3.63, 3.8) is 0 Å². The molecule has 5 heterocycles. The summed E-state index contributed by atoms with van der Waals surface area (Å²) in [5.74, 6) is -0.550. The quantitative estimate of drug-likeness (QED) is 0.354. The number of nitrogens with two attached hydrogens (primary N) is 1. The van der Waals surface area contributed by atoms with E-state index in [4.69, 9.17) is 15.7 Å². The van der Waals surface area contributed by atoms with Gasteiger partial charge in [-0.25, -0.2) is 19.9 Å². The smallest absolute Gasteiger partial charge is 0.306 e. The van der Waals surface area contributed by atoms with Gasteiger partial charge in [-0.05, 0) is 49.2 Å². The summed E-state index contributed by atoms with van der Waals surface area (Å²) in [5, 5.41) is 9.24. The van der Waals surface area contributed by atoms with Gasteiger partial charge in [0.15, 0.2) is 11.5 Å². The van der Waals surface area contributed by atoms with Crippen LogP contribution >= 0.6 is 0 Å². The van der Waals surface area contributed by atoms with Gasteiger partial charge in [0.25, 0.3) is 5.91 Å². The number of rotatable bonds is 5. The highest BCUT2D eigenvalue weighted by Crippen LogP contribution is 2.31. The number of carbonyl (C=O) groups excluding carboxylic acids is 1. The average Bonchev–Trinajstić information content (AvgIpc) is 3.36. The molecule has 39 heavy (non-hydrogen) atoms. The molecule has 194 valence electrons. The number of nitrogens with zero attached hydrogens (tertiary/aromatic N) is 6. The summed E-state index contributed by atoms with van der Waals surface area (Å²) in [6.07, 6.45) is 4.11. The third kappa shape index (κ3) is 4.56. The van der Waals surface area contributed by atoms with Crippen molar-refractivity contribution < 1.29 is 14.7 Å². The van der Waals surface area contributed by atoms with Gasteiger partial charge in [-0.3, -0.25) is 14.2 Å². The molecule has 5 aromatic rings. The highest BCUT2D eigenvalue weighted by Gasteiger charge is 2.28. The lowest BCUT2D eigenvalue weighted by Gasteiger charge is -2.29. The topological polar surface area (TPSA) is 140 Å². The molecule has 6 rings (SSSR count). The molecule has 3 N–H and O–H groups in total. The Bertz CT molecular complexity index is 1680. The standard InChI is InChI=1S/C29H25N7O3/c30-25-21(7-4-14-31-25)26-34-23-11-10-22(18-5-2-1-3-6-18)33-27(23)36(26)20-8-9-24(32-17-20)28(37)35-15-12-19(13-16-35)29(38)39/h1-11,14,17,19H,12-13,15-16H2,(H2,30,31)(H,38,39). The molecule has 1 saturated heterocycles. The van der Waals surface area contributed by atoms with Crippen molar-refractivity contribution in [1.29, 1.82) is 0 Å². The van der Waals surface area contributed by atoms with Gasteiger partial charge >= 0.3 is 5.97 Å². The van der Waals surface area contributed by atoms with Crippen molar-refractivity contribution in [2.24, 2.45) is 5.92 Å². The zero-order chi connectivity index (χ0) is 26.9. The molecular formula is C29H25N7O3. The van der Waals surface area contributed by atoms with Crippen LogP contribution in [0.5, 0.6) is 0 Å². The van der Waals surface area contributed by atoms with E-state index in [0.29, 0.717) is 60.0 Å². The predicted molar refractivity (Wildman–Crippen MR) is 146 cm³/mol. The van der Waals surface area contributed by atoms with Crippen LogP contribution in [-0.2, 0) is 4.79 Å². The lowest BCUT2D eigenvalue weighted by Crippen LogP contribution is -2.40. The van der Waals surface area contributed by atoms with Crippen molar-refractivity contribution in [3.8, 4) is 28.3 Å². The summed E-state index contributed by atoms with van der Waals surface area (Å²) < 4.78 is 1.87. The largest absolute Gasteiger partial charge is 0.481 e. The number of carboxylic acid groups (broad SMARTS) is 1. The number of carbonyl (C=O) groups is 2. The van der Waals surface area contributed by atoms with Gasteiger partial charge in [-0.1, -0.05) is 30.3 Å². The predicted octanol–water partition coefficient (Wildman–Crippen LogP) is 4.06. The summed E-state index contributed by atoms with van der Waals surface area (Å²) in [6, 6.07) is 20.8. The second-order valence-electron chi connectivity index (χ2n) is 9.42. The molecule has 0 bridgehead atoms. The minimum atomic E-state index is -0.814. The molecular weight excluding hydrogens is 494 g/mol. The third-order valence-corrected chi connectivity index (χ3v) is 7.01. The van der Waals surface area contributed by atoms with E-state index in [1.165, 1.54) is 0 Å². The SMILES string of the molecule is Nc1ncccc1-c1nc2ccc(-c3ccccc3)nc2n1-c1ccc(C(=O)N2CCC(C(=O)O)CC2)nc1. The van der Waals surface area contributed by atoms with Gasteiger partial charge in [0.1, 0.15) is 17.0 Å². The van der Waals surface area contributed by atoms with Crippen molar-refractivity contribution in [3.05, 3.63) is 84.8 Å². The van der Waals surface area contributed by atoms with Crippen LogP contribution in [-0.4, -0.2) is 59.5 Å². The second-order valence-corrected chi connectivity index (χ2v) is 9.42. The van der Waals surface area contributed by atoms with Gasteiger partial charge in [0.05, 0.1) is 29.1 Å². The molecule has 0 aliphatic carbocycles. The number of aromatic nitrogens is 5. The summed E-state index contributed by atoms with van der Waals surface area (Å²) in [4.78, 5) is 44.5. The van der Waals surface area contributed by atoms with Crippen LogP contribution in [0, 0.1) is 5.92 Å². The van der Waals surface area contributed by atoms with Crippen LogP contribution < -0.4 is 5.73 Å². The van der Waals surface area contributed by atoms with E-state index in [-0.39, 0.29) is 11.6 Å². The molecule has 4 aromatic heterocycles. The molecule has 10 nitrogen and oxygen atoms in total. The molecule has 0 saturated carbocycles. The Labute approximate surface area is 223 Å². The van der Waals surface area contributed by atoms with Crippen LogP contribution in [0.2, 0.25) is 0 Å². The molecule has 1 amide bonds. The Morgan fingerprint density at radius 3 is 2.38 bits per heavy atom. The van der Waals surface area contributed by atoms with E-state index in [1.54, 1.807) is 35.5 Å². The first-order valence-corrected chi connectivity index (χ1v) is 12.6. The van der Waals surface area contributed by atoms with Crippen LogP contribution in [0.4, 0.5) is 5.82 Å². The van der Waals surface area contributed by atoms with Crippen molar-refractivity contribution >= 4 is 28.9 Å². The molecule has 0 unspecified atom stereocenters. The number of hydrogen-bond acceptors (Lipinski definition) is 7. The van der Waals surface area contributed by atoms with Crippen molar-refractivity contribution in [2.75, 3.05) is 18.8 Å². The number of anilines is 1. The second kappa shape index (κ2) is 9.97. The number of amides is 1. The van der Waals surface area contributed by atoms with E-state index in [1.807, 2.05) is 53.1 Å². The Hall–Kier alpha value is -5.12. The van der Waals surface area contributed by atoms with Gasteiger partial charge in [0.2, 0.25) is 0 Å². The van der Waals surface area contributed by atoms with E-state index in [0.717, 1.165) is 11.3 Å². The fourth-order valence-electron chi connectivity index (χ4n) is 4.90. The number of benzene rings is 1. The van der Waals surface area contributed by atoms with Crippen LogP contribution in [0.25, 0.3) is 39.5 Å². The number of fused-ring (bicyclic) bond motifs is 1. The first kappa shape index (κ1) is 24.2. The van der Waals surface area contributed by atoms with Crippen molar-refractivity contribution in [2.45, 2.75) is 12.8 Å². The molecule has 0 spiro atoms. The highest BCUT2D eigenvalue weighted by molar-refractivity contribution is 5.93. The van der Waals surface area contributed by atoms with Crippen LogP contribution in [0.3, 0.4) is 0 Å². The van der Waals surface area contributed by atoms with E-state index < -0.39 is 11.9 Å². The number of nitrogen functional groups attached to an aromatic ring is 1. The Kier molecular flexibility index (Phi) is 6.20. The maximum absolute atomic E-state index is 13.1. The average molecular weight is 520 g/mol. The Morgan fingerprint density at radius 2 is 1.69 bits per heavy atom. The molecule has 1 aromatic carbocycles. The monoisotopic (exact) mass is 519 g/mol. The first-order chi connectivity index (χ1) is 19.0. The summed E-state index contributed by atoms with van der Waals surface area (Å²) in [5.41, 5.74) is 10.9. The number of aliphatic carboxylic acids is 1.